The molecule has 0 spiro atoms. The Kier molecular flexibility index (Phi) is 5.99. The first-order chi connectivity index (χ1) is 11.8. The van der Waals surface area contributed by atoms with Gasteiger partial charge in [-0.15, -0.1) is 0 Å². The zero-order chi connectivity index (χ0) is 16.6. The Labute approximate surface area is 142 Å². The van der Waals surface area contributed by atoms with Crippen LogP contribution in [-0.4, -0.2) is 24.7 Å². The number of hydrogen-bond acceptors (Lipinski definition) is 4. The minimum absolute atomic E-state index is 0.142. The number of hydrogen-bond donors (Lipinski definition) is 1. The molecule has 0 amide bonds. The molecule has 1 N–H and O–H groups in total. The first kappa shape index (κ1) is 16.7. The minimum Gasteiger partial charge on any atom is -0.460 e. The highest BCUT2D eigenvalue weighted by Crippen LogP contribution is 2.15. The van der Waals surface area contributed by atoms with Crippen LogP contribution in [0.1, 0.15) is 24.0 Å². The lowest BCUT2D eigenvalue weighted by atomic mass is 10.0. The zero-order valence-electron chi connectivity index (χ0n) is 13.7. The summed E-state index contributed by atoms with van der Waals surface area (Å²) in [6.45, 7) is 1.61. The van der Waals surface area contributed by atoms with Crippen molar-refractivity contribution in [1.29, 1.82) is 0 Å². The van der Waals surface area contributed by atoms with Gasteiger partial charge in [-0.1, -0.05) is 60.7 Å². The summed E-state index contributed by atoms with van der Waals surface area (Å²) in [6.07, 6.45) is 1.75. The Hall–Kier alpha value is -2.17. The van der Waals surface area contributed by atoms with Crippen molar-refractivity contribution in [2.75, 3.05) is 6.54 Å². The predicted molar refractivity (Wildman–Crippen MR) is 92.3 cm³/mol. The van der Waals surface area contributed by atoms with Crippen molar-refractivity contribution in [3.05, 3.63) is 71.8 Å². The topological polar surface area (TPSA) is 47.6 Å². The van der Waals surface area contributed by atoms with Gasteiger partial charge in [0.1, 0.15) is 12.6 Å². The van der Waals surface area contributed by atoms with Crippen LogP contribution in [0.15, 0.2) is 60.7 Å². The third kappa shape index (κ3) is 4.91. The van der Waals surface area contributed by atoms with E-state index in [1.165, 1.54) is 5.56 Å². The Morgan fingerprint density at radius 1 is 0.917 bits per heavy atom. The van der Waals surface area contributed by atoms with E-state index in [9.17, 15) is 4.79 Å². The fourth-order valence-corrected chi connectivity index (χ4v) is 2.79. The van der Waals surface area contributed by atoms with E-state index in [-0.39, 0.29) is 18.1 Å². The molecule has 126 valence electrons. The van der Waals surface area contributed by atoms with Crippen molar-refractivity contribution in [2.45, 2.75) is 38.2 Å². The third-order valence-electron chi connectivity index (χ3n) is 4.21. The molecule has 1 aliphatic rings. The lowest BCUT2D eigenvalue weighted by Gasteiger charge is -2.28. The van der Waals surface area contributed by atoms with E-state index in [2.05, 4.69) is 17.4 Å². The second kappa shape index (κ2) is 8.62. The van der Waals surface area contributed by atoms with Crippen LogP contribution < -0.4 is 5.32 Å². The number of rotatable bonds is 6. The van der Waals surface area contributed by atoms with Gasteiger partial charge in [-0.25, -0.2) is 0 Å². The number of carbonyl (C=O) groups is 1. The standard InChI is InChI=1S/C20H23NO3/c22-20(24-15-17-9-5-2-6-10-17)19-12-11-18(13-21-19)23-14-16-7-3-1-4-8-16/h1-10,18-19,21H,11-15H2/t18-,19+/m1/s1. The molecule has 1 aliphatic heterocycles. The molecule has 3 rings (SSSR count). The molecule has 0 aliphatic carbocycles. The van der Waals surface area contributed by atoms with Crippen molar-refractivity contribution in [1.82, 2.24) is 5.32 Å². The number of carbonyl (C=O) groups excluding carboxylic acids is 1. The van der Waals surface area contributed by atoms with Gasteiger partial charge in [0.2, 0.25) is 0 Å². The highest BCUT2D eigenvalue weighted by atomic mass is 16.5. The number of nitrogens with one attached hydrogen (secondary N) is 1. The van der Waals surface area contributed by atoms with Crippen molar-refractivity contribution < 1.29 is 14.3 Å². The molecule has 0 bridgehead atoms. The first-order valence-electron chi connectivity index (χ1n) is 8.41. The van der Waals surface area contributed by atoms with Gasteiger partial charge in [-0.3, -0.25) is 4.79 Å². The van der Waals surface area contributed by atoms with Crippen LogP contribution in [-0.2, 0) is 27.5 Å². The summed E-state index contributed by atoms with van der Waals surface area (Å²) in [5.41, 5.74) is 2.17. The maximum absolute atomic E-state index is 12.1. The molecule has 4 heteroatoms. The smallest absolute Gasteiger partial charge is 0.323 e. The van der Waals surface area contributed by atoms with Crippen LogP contribution in [0.25, 0.3) is 0 Å². The highest BCUT2D eigenvalue weighted by molar-refractivity contribution is 5.75. The van der Waals surface area contributed by atoms with Crippen molar-refractivity contribution in [3.8, 4) is 0 Å². The molecule has 1 heterocycles. The van der Waals surface area contributed by atoms with Gasteiger partial charge >= 0.3 is 5.97 Å². The highest BCUT2D eigenvalue weighted by Gasteiger charge is 2.27. The van der Waals surface area contributed by atoms with E-state index >= 15 is 0 Å². The van der Waals surface area contributed by atoms with E-state index in [1.807, 2.05) is 48.5 Å². The Bertz CT molecular complexity index is 622. The van der Waals surface area contributed by atoms with Crippen LogP contribution in [0.5, 0.6) is 0 Å². The average Bonchev–Trinajstić information content (AvgIpc) is 2.66. The largest absolute Gasteiger partial charge is 0.460 e. The maximum Gasteiger partial charge on any atom is 0.323 e. The summed E-state index contributed by atoms with van der Waals surface area (Å²) in [5, 5.41) is 3.24. The molecule has 1 saturated heterocycles. The van der Waals surface area contributed by atoms with Crippen LogP contribution in [0.3, 0.4) is 0 Å². The van der Waals surface area contributed by atoms with Gasteiger partial charge in [0.25, 0.3) is 0 Å². The molecule has 2 aromatic rings. The van der Waals surface area contributed by atoms with Gasteiger partial charge in [0, 0.05) is 6.54 Å². The molecule has 4 nitrogen and oxygen atoms in total. The maximum atomic E-state index is 12.1. The van der Waals surface area contributed by atoms with E-state index in [0.717, 1.165) is 18.4 Å². The number of piperidine rings is 1. The first-order valence-corrected chi connectivity index (χ1v) is 8.41. The summed E-state index contributed by atoms with van der Waals surface area (Å²) in [5.74, 6) is -0.180. The summed E-state index contributed by atoms with van der Waals surface area (Å²) in [6, 6.07) is 19.6. The van der Waals surface area contributed by atoms with E-state index in [4.69, 9.17) is 9.47 Å². The second-order valence-electron chi connectivity index (χ2n) is 6.05. The summed E-state index contributed by atoms with van der Waals surface area (Å²) < 4.78 is 11.3. The minimum atomic E-state index is -0.231. The van der Waals surface area contributed by atoms with Crippen LogP contribution in [0, 0.1) is 0 Å². The molecule has 0 saturated carbocycles. The third-order valence-corrected chi connectivity index (χ3v) is 4.21. The molecule has 2 atom stereocenters. The molecule has 1 fully saturated rings. The second-order valence-corrected chi connectivity index (χ2v) is 6.05. The fourth-order valence-electron chi connectivity index (χ4n) is 2.79. The lowest BCUT2D eigenvalue weighted by Crippen LogP contribution is -2.47. The lowest BCUT2D eigenvalue weighted by molar-refractivity contribution is -0.149. The predicted octanol–water partition coefficient (Wildman–Crippen LogP) is 3.07. The van der Waals surface area contributed by atoms with Crippen LogP contribution >= 0.6 is 0 Å². The number of benzene rings is 2. The Morgan fingerprint density at radius 3 is 2.12 bits per heavy atom. The zero-order valence-corrected chi connectivity index (χ0v) is 13.7. The SMILES string of the molecule is O=C(OCc1ccccc1)[C@@H]1CC[C@@H](OCc2ccccc2)CN1. The van der Waals surface area contributed by atoms with Crippen LogP contribution in [0.2, 0.25) is 0 Å². The van der Waals surface area contributed by atoms with Gasteiger partial charge in [-0.2, -0.15) is 0 Å². The molecule has 0 radical (unpaired) electrons. The van der Waals surface area contributed by atoms with Gasteiger partial charge in [0.05, 0.1) is 12.7 Å². The van der Waals surface area contributed by atoms with Crippen LogP contribution in [0.4, 0.5) is 0 Å². The van der Waals surface area contributed by atoms with Gasteiger partial charge < -0.3 is 14.8 Å². The van der Waals surface area contributed by atoms with Crippen molar-refractivity contribution >= 4 is 5.97 Å². The molecule has 24 heavy (non-hydrogen) atoms. The van der Waals surface area contributed by atoms with Gasteiger partial charge in [-0.05, 0) is 24.0 Å². The monoisotopic (exact) mass is 325 g/mol. The summed E-state index contributed by atoms with van der Waals surface area (Å²) in [7, 11) is 0. The Morgan fingerprint density at radius 2 is 1.54 bits per heavy atom. The quantitative estimate of drug-likeness (QED) is 0.829. The Balaban J connectivity index is 1.37. The molecular weight excluding hydrogens is 302 g/mol. The number of esters is 1. The molecule has 2 aromatic carbocycles. The molecule has 0 unspecified atom stereocenters. The average molecular weight is 325 g/mol. The fraction of sp³-hybridized carbons (Fsp3) is 0.350. The molecule has 0 aromatic heterocycles. The van der Waals surface area contributed by atoms with E-state index in [1.54, 1.807) is 0 Å². The summed E-state index contributed by atoms with van der Waals surface area (Å²) >= 11 is 0. The molecular formula is C20H23NO3. The normalized spacial score (nSPS) is 20.5. The summed E-state index contributed by atoms with van der Waals surface area (Å²) in [4.78, 5) is 12.1. The number of ether oxygens (including phenoxy) is 2. The van der Waals surface area contributed by atoms with Crippen molar-refractivity contribution in [3.63, 3.8) is 0 Å². The van der Waals surface area contributed by atoms with Gasteiger partial charge in [0.15, 0.2) is 0 Å². The van der Waals surface area contributed by atoms with E-state index < -0.39 is 0 Å². The van der Waals surface area contributed by atoms with Crippen molar-refractivity contribution in [2.24, 2.45) is 0 Å². The van der Waals surface area contributed by atoms with E-state index in [0.29, 0.717) is 19.8 Å².